The zero-order valence-electron chi connectivity index (χ0n) is 11.3. The monoisotopic (exact) mass is 298 g/mol. The molecule has 1 aromatic rings. The Bertz CT molecular complexity index is 488. The van der Waals surface area contributed by atoms with Crippen LogP contribution in [0.5, 0.6) is 0 Å². The van der Waals surface area contributed by atoms with Gasteiger partial charge in [0, 0.05) is 34.8 Å². The second-order valence-electron chi connectivity index (χ2n) is 5.37. The van der Waals surface area contributed by atoms with Crippen LogP contribution < -0.4 is 10.6 Å². The van der Waals surface area contributed by atoms with Gasteiger partial charge in [-0.1, -0.05) is 26.1 Å². The summed E-state index contributed by atoms with van der Waals surface area (Å²) in [7, 11) is 0. The highest BCUT2D eigenvalue weighted by Gasteiger charge is 2.24. The van der Waals surface area contributed by atoms with Gasteiger partial charge >= 0.3 is 0 Å². The van der Waals surface area contributed by atoms with Crippen LogP contribution in [-0.4, -0.2) is 28.6 Å². The van der Waals surface area contributed by atoms with E-state index in [1.807, 2.05) is 17.8 Å². The average molecular weight is 298 g/mol. The van der Waals surface area contributed by atoms with Gasteiger partial charge < -0.3 is 10.6 Å². The number of thioether (sulfide) groups is 1. The number of benzene rings is 1. The number of rotatable bonds is 2. The molecule has 1 fully saturated rings. The second kappa shape index (κ2) is 5.67. The Morgan fingerprint density at radius 3 is 2.79 bits per heavy atom. The number of hydrogen-bond donors (Lipinski definition) is 1. The summed E-state index contributed by atoms with van der Waals surface area (Å²) in [5.74, 6) is 0.729. The molecule has 0 amide bonds. The van der Waals surface area contributed by atoms with Gasteiger partial charge in [0.15, 0.2) is 0 Å². The van der Waals surface area contributed by atoms with E-state index >= 15 is 0 Å². The SMILES string of the molecule is CC1(C)CCN(c2ccc(C(N)=S)c(F)c2)CCS1. The molecule has 1 saturated heterocycles. The molecule has 0 atom stereocenters. The van der Waals surface area contributed by atoms with Crippen molar-refractivity contribution in [3.8, 4) is 0 Å². The van der Waals surface area contributed by atoms with Gasteiger partial charge in [0.25, 0.3) is 0 Å². The molecule has 2 N–H and O–H groups in total. The maximum Gasteiger partial charge on any atom is 0.135 e. The number of nitrogens with two attached hydrogens (primary N) is 1. The molecule has 0 radical (unpaired) electrons. The molecular weight excluding hydrogens is 279 g/mol. The smallest absolute Gasteiger partial charge is 0.135 e. The van der Waals surface area contributed by atoms with Crippen molar-refractivity contribution in [1.82, 2.24) is 0 Å². The second-order valence-corrected chi connectivity index (χ2v) is 7.62. The van der Waals surface area contributed by atoms with E-state index in [1.165, 1.54) is 6.07 Å². The molecule has 1 heterocycles. The summed E-state index contributed by atoms with van der Waals surface area (Å²) >= 11 is 6.80. The third kappa shape index (κ3) is 3.60. The summed E-state index contributed by atoms with van der Waals surface area (Å²) in [4.78, 5) is 2.34. The van der Waals surface area contributed by atoms with Crippen molar-refractivity contribution >= 4 is 34.7 Å². The van der Waals surface area contributed by atoms with E-state index < -0.39 is 0 Å². The standard InChI is InChI=1S/C14H19FN2S2/c1-14(2)5-6-17(7-8-19-14)10-3-4-11(13(16)18)12(15)9-10/h3-4,9H,5-8H2,1-2H3,(H2,16,18). The summed E-state index contributed by atoms with van der Waals surface area (Å²) in [6.45, 7) is 6.42. The first-order chi connectivity index (χ1) is 8.89. The van der Waals surface area contributed by atoms with Crippen LogP contribution in [0.2, 0.25) is 0 Å². The minimum Gasteiger partial charge on any atom is -0.389 e. The molecular formula is C14H19FN2S2. The van der Waals surface area contributed by atoms with E-state index in [2.05, 4.69) is 18.7 Å². The number of halogens is 1. The van der Waals surface area contributed by atoms with Crippen LogP contribution in [0, 0.1) is 5.82 Å². The van der Waals surface area contributed by atoms with Gasteiger partial charge in [-0.05, 0) is 24.6 Å². The van der Waals surface area contributed by atoms with Gasteiger partial charge in [-0.3, -0.25) is 0 Å². The molecule has 0 aromatic heterocycles. The third-order valence-corrected chi connectivity index (χ3v) is 5.01. The van der Waals surface area contributed by atoms with Crippen molar-refractivity contribution in [3.63, 3.8) is 0 Å². The lowest BCUT2D eigenvalue weighted by Crippen LogP contribution is -2.27. The topological polar surface area (TPSA) is 29.3 Å². The van der Waals surface area contributed by atoms with Crippen molar-refractivity contribution in [2.45, 2.75) is 25.0 Å². The van der Waals surface area contributed by atoms with Crippen molar-refractivity contribution in [2.24, 2.45) is 5.73 Å². The van der Waals surface area contributed by atoms with Crippen LogP contribution in [0.15, 0.2) is 18.2 Å². The fourth-order valence-corrected chi connectivity index (χ4v) is 3.44. The van der Waals surface area contributed by atoms with Crippen LogP contribution in [0.3, 0.4) is 0 Å². The van der Waals surface area contributed by atoms with Crippen LogP contribution in [-0.2, 0) is 0 Å². The van der Waals surface area contributed by atoms with Gasteiger partial charge in [-0.2, -0.15) is 11.8 Å². The fourth-order valence-electron chi connectivity index (χ4n) is 2.18. The molecule has 19 heavy (non-hydrogen) atoms. The molecule has 1 aliphatic heterocycles. The average Bonchev–Trinajstić information content (AvgIpc) is 2.49. The first-order valence-corrected chi connectivity index (χ1v) is 7.77. The Morgan fingerprint density at radius 1 is 1.42 bits per heavy atom. The molecule has 1 aliphatic rings. The summed E-state index contributed by atoms with van der Waals surface area (Å²) < 4.78 is 14.2. The number of nitrogens with zero attached hydrogens (tertiary/aromatic N) is 1. The minimum atomic E-state index is -0.332. The molecule has 0 aliphatic carbocycles. The van der Waals surface area contributed by atoms with E-state index in [0.717, 1.165) is 31.0 Å². The zero-order chi connectivity index (χ0) is 14.0. The lowest BCUT2D eigenvalue weighted by atomic mass is 10.1. The van der Waals surface area contributed by atoms with E-state index in [4.69, 9.17) is 18.0 Å². The first-order valence-electron chi connectivity index (χ1n) is 6.37. The van der Waals surface area contributed by atoms with Crippen molar-refractivity contribution in [1.29, 1.82) is 0 Å². The molecule has 104 valence electrons. The first kappa shape index (κ1) is 14.6. The van der Waals surface area contributed by atoms with Crippen LogP contribution in [0.4, 0.5) is 10.1 Å². The maximum atomic E-state index is 13.9. The van der Waals surface area contributed by atoms with E-state index in [9.17, 15) is 4.39 Å². The van der Waals surface area contributed by atoms with Gasteiger partial charge in [0.2, 0.25) is 0 Å². The summed E-state index contributed by atoms with van der Waals surface area (Å²) in [5.41, 5.74) is 6.71. The van der Waals surface area contributed by atoms with Gasteiger partial charge in [0.1, 0.15) is 10.8 Å². The molecule has 2 rings (SSSR count). The Balaban J connectivity index is 2.18. The van der Waals surface area contributed by atoms with E-state index in [1.54, 1.807) is 6.07 Å². The normalized spacial score (nSPS) is 19.0. The highest BCUT2D eigenvalue weighted by Crippen LogP contribution is 2.32. The lowest BCUT2D eigenvalue weighted by Gasteiger charge is -2.24. The third-order valence-electron chi connectivity index (χ3n) is 3.42. The van der Waals surface area contributed by atoms with Crippen molar-refractivity contribution in [3.05, 3.63) is 29.6 Å². The Morgan fingerprint density at radius 2 is 2.16 bits per heavy atom. The fraction of sp³-hybridized carbons (Fsp3) is 0.500. The summed E-state index contributed by atoms with van der Waals surface area (Å²) in [5, 5.41) is 0. The highest BCUT2D eigenvalue weighted by molar-refractivity contribution is 8.00. The predicted molar refractivity (Wildman–Crippen MR) is 85.7 cm³/mol. The predicted octanol–water partition coefficient (Wildman–Crippen LogP) is 3.18. The molecule has 5 heteroatoms. The Hall–Kier alpha value is -0.810. The van der Waals surface area contributed by atoms with Crippen LogP contribution >= 0.6 is 24.0 Å². The molecule has 1 aromatic carbocycles. The summed E-state index contributed by atoms with van der Waals surface area (Å²) in [6.07, 6.45) is 1.09. The lowest BCUT2D eigenvalue weighted by molar-refractivity contribution is 0.619. The summed E-state index contributed by atoms with van der Waals surface area (Å²) in [6, 6.07) is 5.12. The zero-order valence-corrected chi connectivity index (χ0v) is 12.9. The molecule has 0 saturated carbocycles. The Labute approximate surface area is 123 Å². The van der Waals surface area contributed by atoms with Crippen LogP contribution in [0.1, 0.15) is 25.8 Å². The quantitative estimate of drug-likeness (QED) is 0.849. The Kier molecular flexibility index (Phi) is 4.36. The minimum absolute atomic E-state index is 0.108. The molecule has 0 bridgehead atoms. The largest absolute Gasteiger partial charge is 0.389 e. The van der Waals surface area contributed by atoms with Gasteiger partial charge in [0.05, 0.1) is 0 Å². The molecule has 0 unspecified atom stereocenters. The van der Waals surface area contributed by atoms with E-state index in [-0.39, 0.29) is 10.8 Å². The maximum absolute atomic E-state index is 13.9. The van der Waals surface area contributed by atoms with E-state index in [0.29, 0.717) is 10.3 Å². The van der Waals surface area contributed by atoms with Crippen LogP contribution in [0.25, 0.3) is 0 Å². The molecule has 2 nitrogen and oxygen atoms in total. The van der Waals surface area contributed by atoms with Gasteiger partial charge in [-0.15, -0.1) is 0 Å². The highest BCUT2D eigenvalue weighted by atomic mass is 32.2. The number of hydrogen-bond acceptors (Lipinski definition) is 3. The molecule has 0 spiro atoms. The number of anilines is 1. The van der Waals surface area contributed by atoms with Crippen molar-refractivity contribution < 1.29 is 4.39 Å². The number of thiocarbonyl (C=S) groups is 1. The van der Waals surface area contributed by atoms with Crippen molar-refractivity contribution in [2.75, 3.05) is 23.7 Å². The van der Waals surface area contributed by atoms with Gasteiger partial charge in [-0.25, -0.2) is 4.39 Å².